The van der Waals surface area contributed by atoms with Gasteiger partial charge in [0.05, 0.1) is 30.0 Å². The predicted octanol–water partition coefficient (Wildman–Crippen LogP) is 4.97. The highest BCUT2D eigenvalue weighted by atomic mass is 32.2. The molecule has 0 bridgehead atoms. The van der Waals surface area contributed by atoms with Crippen LogP contribution < -0.4 is 9.47 Å². The number of hydrogen-bond acceptors (Lipinski definition) is 6. The van der Waals surface area contributed by atoms with E-state index in [2.05, 4.69) is 6.58 Å². The van der Waals surface area contributed by atoms with Gasteiger partial charge >= 0.3 is 0 Å². The largest absolute Gasteiger partial charge is 0.497 e. The van der Waals surface area contributed by atoms with Crippen LogP contribution in [0.2, 0.25) is 0 Å². The van der Waals surface area contributed by atoms with Crippen LogP contribution >= 0.6 is 0 Å². The Kier molecular flexibility index (Phi) is 10.6. The molecule has 0 spiro atoms. The number of nitrogens with zero attached hydrogens (tertiary/aromatic N) is 1. The zero-order chi connectivity index (χ0) is 27.0. The van der Waals surface area contributed by atoms with E-state index >= 15 is 0 Å². The smallest absolute Gasteiger partial charge is 0.217 e. The summed E-state index contributed by atoms with van der Waals surface area (Å²) in [4.78, 5) is 0. The molecule has 1 atom stereocenters. The van der Waals surface area contributed by atoms with Gasteiger partial charge in [-0.2, -0.15) is 4.31 Å². The summed E-state index contributed by atoms with van der Waals surface area (Å²) in [5, 5.41) is -0.857. The average Bonchev–Trinajstić information content (AvgIpc) is 2.83. The second-order valence-corrected chi connectivity index (χ2v) is 14.8. The standard InChI is InChI=1S/C27H39NO6S2/c1-7-8-9-26(18-19-35(29,30)27(2,3)4)36(31,32)28(20-22-10-14-24(33-5)15-11-22)21-23-12-16-25(34-6)17-13-23/h7,10-17,26H,1,8-9,18-21H2,2-6H3. The monoisotopic (exact) mass is 537 g/mol. The Bertz CT molecular complexity index is 1130. The Morgan fingerprint density at radius 2 is 1.28 bits per heavy atom. The summed E-state index contributed by atoms with van der Waals surface area (Å²) in [7, 11) is -4.20. The maximum Gasteiger partial charge on any atom is 0.217 e. The topological polar surface area (TPSA) is 90.0 Å². The number of allylic oxidation sites excluding steroid dienone is 1. The first-order chi connectivity index (χ1) is 16.8. The highest BCUT2D eigenvalue weighted by Gasteiger charge is 2.35. The molecule has 2 aromatic rings. The number of methoxy groups -OCH3 is 2. The Hall–Kier alpha value is -2.36. The molecule has 0 saturated carbocycles. The van der Waals surface area contributed by atoms with Gasteiger partial charge in [0.2, 0.25) is 10.0 Å². The molecule has 0 saturated heterocycles. The van der Waals surface area contributed by atoms with Crippen LogP contribution in [-0.2, 0) is 33.0 Å². The normalized spacial score (nSPS) is 13.4. The van der Waals surface area contributed by atoms with E-state index in [1.54, 1.807) is 65.3 Å². The molecule has 0 aromatic heterocycles. The van der Waals surface area contributed by atoms with Crippen molar-refractivity contribution in [1.82, 2.24) is 4.31 Å². The van der Waals surface area contributed by atoms with Crippen molar-refractivity contribution in [3.63, 3.8) is 0 Å². The van der Waals surface area contributed by atoms with Crippen LogP contribution in [-0.4, -0.2) is 51.1 Å². The van der Waals surface area contributed by atoms with Gasteiger partial charge in [-0.25, -0.2) is 16.8 Å². The fraction of sp³-hybridized carbons (Fsp3) is 0.481. The number of sulfonamides is 1. The van der Waals surface area contributed by atoms with Gasteiger partial charge < -0.3 is 9.47 Å². The molecule has 0 amide bonds. The molecular weight excluding hydrogens is 498 g/mol. The Labute approximate surface area is 217 Å². The lowest BCUT2D eigenvalue weighted by Crippen LogP contribution is -2.40. The quantitative estimate of drug-likeness (QED) is 0.316. The molecule has 9 heteroatoms. The van der Waals surface area contributed by atoms with Gasteiger partial charge in [0.25, 0.3) is 0 Å². The van der Waals surface area contributed by atoms with Crippen LogP contribution in [0.25, 0.3) is 0 Å². The van der Waals surface area contributed by atoms with E-state index in [0.29, 0.717) is 24.3 Å². The van der Waals surface area contributed by atoms with Crippen molar-refractivity contribution in [2.75, 3.05) is 20.0 Å². The number of hydrogen-bond donors (Lipinski definition) is 0. The number of benzene rings is 2. The van der Waals surface area contributed by atoms with Crippen molar-refractivity contribution in [3.8, 4) is 11.5 Å². The predicted molar refractivity (Wildman–Crippen MR) is 146 cm³/mol. The molecule has 7 nitrogen and oxygen atoms in total. The summed E-state index contributed by atoms with van der Waals surface area (Å²) in [5.74, 6) is 1.16. The maximum atomic E-state index is 14.0. The molecule has 0 aliphatic rings. The number of sulfone groups is 1. The van der Waals surface area contributed by atoms with E-state index < -0.39 is 29.9 Å². The molecule has 2 aromatic carbocycles. The van der Waals surface area contributed by atoms with Gasteiger partial charge in [-0.1, -0.05) is 30.3 Å². The van der Waals surface area contributed by atoms with Gasteiger partial charge in [-0.05, 0) is 75.4 Å². The van der Waals surface area contributed by atoms with E-state index in [1.807, 2.05) is 24.3 Å². The van der Waals surface area contributed by atoms with Crippen LogP contribution in [0, 0.1) is 0 Å². The molecule has 0 N–H and O–H groups in total. The fourth-order valence-corrected chi connectivity index (χ4v) is 6.94. The molecule has 36 heavy (non-hydrogen) atoms. The van der Waals surface area contributed by atoms with Crippen molar-refractivity contribution >= 4 is 19.9 Å². The zero-order valence-corrected chi connectivity index (χ0v) is 23.6. The Morgan fingerprint density at radius 1 is 0.833 bits per heavy atom. The summed E-state index contributed by atoms with van der Waals surface area (Å²) in [5.41, 5.74) is 1.61. The lowest BCUT2D eigenvalue weighted by atomic mass is 10.2. The minimum atomic E-state index is -3.87. The van der Waals surface area contributed by atoms with Crippen molar-refractivity contribution in [3.05, 3.63) is 72.3 Å². The van der Waals surface area contributed by atoms with Gasteiger partial charge in [0.1, 0.15) is 11.5 Å². The second kappa shape index (κ2) is 12.7. The molecule has 0 aliphatic heterocycles. The summed E-state index contributed by atoms with van der Waals surface area (Å²) in [6, 6.07) is 14.5. The third-order valence-electron chi connectivity index (χ3n) is 6.15. The molecule has 0 radical (unpaired) electrons. The summed E-state index contributed by atoms with van der Waals surface area (Å²) >= 11 is 0. The number of ether oxygens (including phenoxy) is 2. The van der Waals surface area contributed by atoms with E-state index in [9.17, 15) is 16.8 Å². The molecule has 2 rings (SSSR count). The summed E-state index contributed by atoms with van der Waals surface area (Å²) in [6.45, 7) is 8.92. The molecular formula is C27H39NO6S2. The fourth-order valence-electron chi connectivity index (χ4n) is 3.65. The lowest BCUT2D eigenvalue weighted by Gasteiger charge is -2.29. The molecule has 0 fully saturated rings. The summed E-state index contributed by atoms with van der Waals surface area (Å²) in [6.07, 6.45) is 2.46. The molecule has 0 aliphatic carbocycles. The van der Waals surface area contributed by atoms with Crippen molar-refractivity contribution < 1.29 is 26.3 Å². The van der Waals surface area contributed by atoms with Gasteiger partial charge in [-0.3, -0.25) is 0 Å². The summed E-state index contributed by atoms with van der Waals surface area (Å²) < 4.78 is 64.5. The van der Waals surface area contributed by atoms with Gasteiger partial charge in [0, 0.05) is 13.1 Å². The third-order valence-corrected chi connectivity index (χ3v) is 11.1. The van der Waals surface area contributed by atoms with Crippen LogP contribution in [0.15, 0.2) is 61.2 Å². The first-order valence-electron chi connectivity index (χ1n) is 11.9. The minimum Gasteiger partial charge on any atom is -0.497 e. The maximum absolute atomic E-state index is 14.0. The third kappa shape index (κ3) is 8.08. The first-order valence-corrected chi connectivity index (χ1v) is 15.1. The first kappa shape index (κ1) is 29.9. The van der Waals surface area contributed by atoms with Gasteiger partial charge in [0.15, 0.2) is 9.84 Å². The average molecular weight is 538 g/mol. The van der Waals surface area contributed by atoms with Crippen LogP contribution in [0.3, 0.4) is 0 Å². The lowest BCUT2D eigenvalue weighted by molar-refractivity contribution is 0.388. The van der Waals surface area contributed by atoms with Crippen LogP contribution in [0.5, 0.6) is 11.5 Å². The van der Waals surface area contributed by atoms with Crippen LogP contribution in [0.4, 0.5) is 0 Å². The second-order valence-electron chi connectivity index (χ2n) is 9.72. The SMILES string of the molecule is C=CCCC(CCS(=O)(=O)C(C)(C)C)S(=O)(=O)N(Cc1ccc(OC)cc1)Cc1ccc(OC)cc1. The molecule has 0 heterocycles. The molecule has 200 valence electrons. The number of rotatable bonds is 14. The van der Waals surface area contributed by atoms with Crippen molar-refractivity contribution in [2.45, 2.75) is 63.1 Å². The Morgan fingerprint density at radius 3 is 1.64 bits per heavy atom. The highest BCUT2D eigenvalue weighted by molar-refractivity contribution is 7.93. The minimum absolute atomic E-state index is 0.0253. The van der Waals surface area contributed by atoms with E-state index in [1.165, 1.54) is 4.31 Å². The van der Waals surface area contributed by atoms with Gasteiger partial charge in [-0.15, -0.1) is 6.58 Å². The highest BCUT2D eigenvalue weighted by Crippen LogP contribution is 2.26. The Balaban J connectivity index is 2.42. The van der Waals surface area contributed by atoms with Crippen molar-refractivity contribution in [1.29, 1.82) is 0 Å². The van der Waals surface area contributed by atoms with E-state index in [-0.39, 0.29) is 25.3 Å². The van der Waals surface area contributed by atoms with Crippen molar-refractivity contribution in [2.24, 2.45) is 0 Å². The molecule has 1 unspecified atom stereocenters. The van der Waals surface area contributed by atoms with E-state index in [0.717, 1.165) is 11.1 Å². The zero-order valence-electron chi connectivity index (χ0n) is 21.9. The van der Waals surface area contributed by atoms with Crippen LogP contribution in [0.1, 0.15) is 51.2 Å². The van der Waals surface area contributed by atoms with E-state index in [4.69, 9.17) is 9.47 Å².